The fourth-order valence-electron chi connectivity index (χ4n) is 5.18. The van der Waals surface area contributed by atoms with Gasteiger partial charge in [0.1, 0.15) is 6.61 Å². The number of hydrogen-bond acceptors (Lipinski definition) is 6. The highest BCUT2D eigenvalue weighted by molar-refractivity contribution is 5.77. The van der Waals surface area contributed by atoms with Gasteiger partial charge in [-0.1, -0.05) is 0 Å². The summed E-state index contributed by atoms with van der Waals surface area (Å²) in [6.07, 6.45) is 3.91. The van der Waals surface area contributed by atoms with Gasteiger partial charge in [0, 0.05) is 63.6 Å². The molecule has 4 rings (SSSR count). The molecule has 8 nitrogen and oxygen atoms in total. The Labute approximate surface area is 185 Å². The predicted molar refractivity (Wildman–Crippen MR) is 117 cm³/mol. The number of hydrogen-bond donors (Lipinski definition) is 0. The van der Waals surface area contributed by atoms with Crippen LogP contribution in [0, 0.1) is 13.8 Å². The van der Waals surface area contributed by atoms with Crippen LogP contribution in [0.4, 0.5) is 0 Å². The third-order valence-electron chi connectivity index (χ3n) is 7.23. The van der Waals surface area contributed by atoms with E-state index in [-0.39, 0.29) is 24.2 Å². The summed E-state index contributed by atoms with van der Waals surface area (Å²) in [6, 6.07) is 0. The number of piperidine rings is 1. The van der Waals surface area contributed by atoms with Crippen molar-refractivity contribution >= 4 is 5.91 Å². The zero-order chi connectivity index (χ0) is 21.8. The van der Waals surface area contributed by atoms with Gasteiger partial charge in [-0.15, -0.1) is 0 Å². The number of nitrogens with zero attached hydrogens (tertiary/aromatic N) is 4. The molecule has 3 aliphatic rings. The quantitative estimate of drug-likeness (QED) is 0.681. The Kier molecular flexibility index (Phi) is 7.31. The summed E-state index contributed by atoms with van der Waals surface area (Å²) in [5.74, 6) is 0.0806. The molecule has 1 unspecified atom stereocenters. The van der Waals surface area contributed by atoms with E-state index in [2.05, 4.69) is 35.5 Å². The minimum atomic E-state index is -0.0981. The molecule has 0 aliphatic carbocycles. The number of carbonyl (C=O) groups is 1. The minimum Gasteiger partial charge on any atom is -0.378 e. The maximum atomic E-state index is 12.4. The molecule has 0 radical (unpaired) electrons. The van der Waals surface area contributed by atoms with Crippen LogP contribution in [0.5, 0.6) is 0 Å². The van der Waals surface area contributed by atoms with E-state index in [9.17, 15) is 4.79 Å². The number of likely N-dealkylation sites (tertiary alicyclic amines) is 1. The summed E-state index contributed by atoms with van der Waals surface area (Å²) in [7, 11) is 0. The standard InChI is InChI=1S/C23H38N4O4/c1-4-27-19(3)21(18(2)24-27)16-25-8-6-23(7-9-25)15-20(5-12-31-23)30-17-22(28)26-10-13-29-14-11-26/h20H,4-17H2,1-3H3. The monoisotopic (exact) mass is 434 g/mol. The van der Waals surface area contributed by atoms with E-state index in [0.29, 0.717) is 26.3 Å². The van der Waals surface area contributed by atoms with E-state index in [1.165, 1.54) is 11.3 Å². The Morgan fingerprint density at radius 2 is 1.90 bits per heavy atom. The summed E-state index contributed by atoms with van der Waals surface area (Å²) in [5, 5.41) is 4.67. The van der Waals surface area contributed by atoms with Crippen molar-refractivity contribution in [3.05, 3.63) is 17.0 Å². The lowest BCUT2D eigenvalue weighted by atomic mass is 9.83. The SMILES string of the molecule is CCn1nc(C)c(CN2CCC3(CC2)CC(OCC(=O)N2CCOCC2)CCO3)c1C. The van der Waals surface area contributed by atoms with Gasteiger partial charge in [0.15, 0.2) is 0 Å². The predicted octanol–water partition coefficient (Wildman–Crippen LogP) is 1.91. The molecule has 1 atom stereocenters. The lowest BCUT2D eigenvalue weighted by molar-refractivity contribution is -0.165. The lowest BCUT2D eigenvalue weighted by Crippen LogP contribution is -2.51. The van der Waals surface area contributed by atoms with Crippen molar-refractivity contribution in [1.82, 2.24) is 19.6 Å². The second-order valence-corrected chi connectivity index (χ2v) is 9.19. The van der Waals surface area contributed by atoms with E-state index < -0.39 is 0 Å². The van der Waals surface area contributed by atoms with Gasteiger partial charge in [-0.2, -0.15) is 5.10 Å². The summed E-state index contributed by atoms with van der Waals surface area (Å²) in [6.45, 7) is 13.8. The van der Waals surface area contributed by atoms with E-state index in [1.807, 2.05) is 4.90 Å². The molecular weight excluding hydrogens is 396 g/mol. The third-order valence-corrected chi connectivity index (χ3v) is 7.23. The minimum absolute atomic E-state index is 0.0806. The number of aryl methyl sites for hydroxylation is 2. The van der Waals surface area contributed by atoms with Crippen molar-refractivity contribution in [1.29, 1.82) is 0 Å². The molecule has 31 heavy (non-hydrogen) atoms. The summed E-state index contributed by atoms with van der Waals surface area (Å²) in [5.41, 5.74) is 3.70. The van der Waals surface area contributed by atoms with Gasteiger partial charge < -0.3 is 19.1 Å². The van der Waals surface area contributed by atoms with Gasteiger partial charge in [-0.3, -0.25) is 14.4 Å². The molecular formula is C23H38N4O4. The third kappa shape index (κ3) is 5.30. The Morgan fingerprint density at radius 3 is 2.58 bits per heavy atom. The second-order valence-electron chi connectivity index (χ2n) is 9.19. The van der Waals surface area contributed by atoms with Crippen LogP contribution >= 0.6 is 0 Å². The molecule has 1 amide bonds. The molecule has 3 aliphatic heterocycles. The van der Waals surface area contributed by atoms with Crippen molar-refractivity contribution in [3.8, 4) is 0 Å². The van der Waals surface area contributed by atoms with Gasteiger partial charge in [0.05, 0.1) is 30.6 Å². The van der Waals surface area contributed by atoms with Crippen LogP contribution in [0.3, 0.4) is 0 Å². The summed E-state index contributed by atoms with van der Waals surface area (Å²) in [4.78, 5) is 16.8. The van der Waals surface area contributed by atoms with Crippen LogP contribution in [0.15, 0.2) is 0 Å². The molecule has 3 saturated heterocycles. The molecule has 4 heterocycles. The van der Waals surface area contributed by atoms with Crippen molar-refractivity contribution < 1.29 is 19.0 Å². The van der Waals surface area contributed by atoms with Crippen LogP contribution in [0.1, 0.15) is 49.6 Å². The van der Waals surface area contributed by atoms with E-state index >= 15 is 0 Å². The normalized spacial score (nSPS) is 24.6. The average molecular weight is 435 g/mol. The van der Waals surface area contributed by atoms with Crippen molar-refractivity contribution in [2.75, 3.05) is 52.6 Å². The second kappa shape index (κ2) is 9.98. The first-order valence-electron chi connectivity index (χ1n) is 11.9. The molecule has 0 saturated carbocycles. The number of carbonyl (C=O) groups excluding carboxylic acids is 1. The number of rotatable bonds is 6. The van der Waals surface area contributed by atoms with Gasteiger partial charge >= 0.3 is 0 Å². The number of ether oxygens (including phenoxy) is 3. The van der Waals surface area contributed by atoms with Crippen molar-refractivity contribution in [2.24, 2.45) is 0 Å². The molecule has 1 aromatic rings. The molecule has 1 aromatic heterocycles. The van der Waals surface area contributed by atoms with E-state index in [0.717, 1.165) is 64.2 Å². The van der Waals surface area contributed by atoms with Crippen LogP contribution in [-0.2, 0) is 32.1 Å². The van der Waals surface area contributed by atoms with Gasteiger partial charge in [-0.05, 0) is 40.0 Å². The van der Waals surface area contributed by atoms with Crippen molar-refractivity contribution in [3.63, 3.8) is 0 Å². The Morgan fingerprint density at radius 1 is 1.16 bits per heavy atom. The first-order valence-corrected chi connectivity index (χ1v) is 11.9. The van der Waals surface area contributed by atoms with Gasteiger partial charge in [0.2, 0.25) is 5.91 Å². The molecule has 1 spiro atoms. The van der Waals surface area contributed by atoms with Crippen LogP contribution < -0.4 is 0 Å². The topological polar surface area (TPSA) is 69.1 Å². The van der Waals surface area contributed by atoms with Crippen LogP contribution in [-0.4, -0.2) is 89.8 Å². The molecule has 0 aromatic carbocycles. The van der Waals surface area contributed by atoms with Crippen LogP contribution in [0.2, 0.25) is 0 Å². The number of morpholine rings is 1. The zero-order valence-electron chi connectivity index (χ0n) is 19.4. The molecule has 0 bridgehead atoms. The Balaban J connectivity index is 1.26. The molecule has 3 fully saturated rings. The Hall–Kier alpha value is -1.48. The molecule has 8 heteroatoms. The molecule has 174 valence electrons. The maximum absolute atomic E-state index is 12.4. The highest BCUT2D eigenvalue weighted by Crippen LogP contribution is 2.36. The first kappa shape index (κ1) is 22.7. The fraction of sp³-hybridized carbons (Fsp3) is 0.826. The van der Waals surface area contributed by atoms with Crippen molar-refractivity contribution in [2.45, 2.75) is 71.2 Å². The highest BCUT2D eigenvalue weighted by atomic mass is 16.5. The summed E-state index contributed by atoms with van der Waals surface area (Å²) < 4.78 is 19.8. The number of aromatic nitrogens is 2. The van der Waals surface area contributed by atoms with Gasteiger partial charge in [-0.25, -0.2) is 0 Å². The summed E-state index contributed by atoms with van der Waals surface area (Å²) >= 11 is 0. The smallest absolute Gasteiger partial charge is 0.248 e. The highest BCUT2D eigenvalue weighted by Gasteiger charge is 2.41. The van der Waals surface area contributed by atoms with Gasteiger partial charge in [0.25, 0.3) is 0 Å². The average Bonchev–Trinajstić information content (AvgIpc) is 3.07. The zero-order valence-corrected chi connectivity index (χ0v) is 19.4. The first-order chi connectivity index (χ1) is 15.0. The largest absolute Gasteiger partial charge is 0.378 e. The number of amides is 1. The fourth-order valence-corrected chi connectivity index (χ4v) is 5.18. The lowest BCUT2D eigenvalue weighted by Gasteiger charge is -2.46. The molecule has 0 N–H and O–H groups in total. The van der Waals surface area contributed by atoms with E-state index in [1.54, 1.807) is 0 Å². The van der Waals surface area contributed by atoms with E-state index in [4.69, 9.17) is 14.2 Å². The maximum Gasteiger partial charge on any atom is 0.248 e. The Bertz CT molecular complexity index is 751. The van der Waals surface area contributed by atoms with Crippen LogP contribution in [0.25, 0.3) is 0 Å².